The second-order valence-corrected chi connectivity index (χ2v) is 4.48. The minimum absolute atomic E-state index is 0.112. The summed E-state index contributed by atoms with van der Waals surface area (Å²) >= 11 is 5.71. The van der Waals surface area contributed by atoms with E-state index < -0.39 is 0 Å². The lowest BCUT2D eigenvalue weighted by atomic mass is 10.1. The molecular weight excluding hydrogens is 242 g/mol. The molecule has 0 bridgehead atoms. The molecule has 6 heteroatoms. The second-order valence-electron chi connectivity index (χ2n) is 4.09. The van der Waals surface area contributed by atoms with Crippen LogP contribution in [0.1, 0.15) is 16.9 Å². The van der Waals surface area contributed by atoms with Crippen LogP contribution in [0.4, 0.5) is 0 Å². The van der Waals surface area contributed by atoms with E-state index in [0.717, 1.165) is 13.0 Å². The second kappa shape index (κ2) is 5.42. The fourth-order valence-corrected chi connectivity index (χ4v) is 2.14. The average molecular weight is 256 g/mol. The molecule has 5 nitrogen and oxygen atoms in total. The number of aromatic nitrogens is 2. The third-order valence-electron chi connectivity index (χ3n) is 2.80. The van der Waals surface area contributed by atoms with Crippen molar-refractivity contribution in [2.45, 2.75) is 6.42 Å². The van der Waals surface area contributed by atoms with Gasteiger partial charge in [-0.05, 0) is 6.42 Å². The van der Waals surface area contributed by atoms with Crippen LogP contribution in [0, 0.1) is 5.92 Å². The molecule has 1 fully saturated rings. The smallest absolute Gasteiger partial charge is 0.274 e. The summed E-state index contributed by atoms with van der Waals surface area (Å²) in [7, 11) is 1.67. The van der Waals surface area contributed by atoms with E-state index in [-0.39, 0.29) is 11.1 Å². The summed E-state index contributed by atoms with van der Waals surface area (Å²) in [6.07, 6.45) is 3.82. The normalized spacial score (nSPS) is 19.6. The highest BCUT2D eigenvalue weighted by molar-refractivity contribution is 6.29. The highest BCUT2D eigenvalue weighted by atomic mass is 35.5. The Morgan fingerprint density at radius 2 is 2.47 bits per heavy atom. The van der Waals surface area contributed by atoms with Gasteiger partial charge in [-0.1, -0.05) is 11.6 Å². The summed E-state index contributed by atoms with van der Waals surface area (Å²) in [5.74, 6) is 0.301. The van der Waals surface area contributed by atoms with E-state index in [4.69, 9.17) is 16.3 Å². The maximum atomic E-state index is 12.1. The standard InChI is InChI=1S/C11H14ClN3O2/c1-17-7-8-2-3-15(6-8)11(16)9-4-13-5-10(12)14-9/h4-5,8H,2-3,6-7H2,1H3. The highest BCUT2D eigenvalue weighted by Crippen LogP contribution is 2.18. The number of carbonyl (C=O) groups is 1. The Kier molecular flexibility index (Phi) is 3.91. The van der Waals surface area contributed by atoms with Gasteiger partial charge in [0, 0.05) is 26.1 Å². The SMILES string of the molecule is COCC1CCN(C(=O)c2cncc(Cl)n2)C1. The van der Waals surface area contributed by atoms with Gasteiger partial charge in [-0.15, -0.1) is 0 Å². The van der Waals surface area contributed by atoms with Gasteiger partial charge in [0.05, 0.1) is 19.0 Å². The molecule has 1 amide bonds. The first-order valence-corrected chi connectivity index (χ1v) is 5.84. The van der Waals surface area contributed by atoms with Crippen molar-refractivity contribution >= 4 is 17.5 Å². The van der Waals surface area contributed by atoms with Crippen LogP contribution < -0.4 is 0 Å². The van der Waals surface area contributed by atoms with Gasteiger partial charge in [0.25, 0.3) is 5.91 Å². The fraction of sp³-hybridized carbons (Fsp3) is 0.545. The van der Waals surface area contributed by atoms with Gasteiger partial charge in [0.15, 0.2) is 0 Å². The number of hydrogen-bond acceptors (Lipinski definition) is 4. The number of methoxy groups -OCH3 is 1. The molecule has 0 spiro atoms. The quantitative estimate of drug-likeness (QED) is 0.815. The molecule has 1 aromatic heterocycles. The molecular formula is C11H14ClN3O2. The molecule has 1 saturated heterocycles. The number of carbonyl (C=O) groups excluding carboxylic acids is 1. The zero-order valence-corrected chi connectivity index (χ0v) is 10.4. The molecule has 17 heavy (non-hydrogen) atoms. The van der Waals surface area contributed by atoms with Crippen molar-refractivity contribution in [3.8, 4) is 0 Å². The van der Waals surface area contributed by atoms with Crippen LogP contribution >= 0.6 is 11.6 Å². The topological polar surface area (TPSA) is 55.3 Å². The molecule has 1 aliphatic heterocycles. The van der Waals surface area contributed by atoms with E-state index in [1.165, 1.54) is 12.4 Å². The molecule has 92 valence electrons. The Hall–Kier alpha value is -1.20. The van der Waals surface area contributed by atoms with E-state index in [1.807, 2.05) is 0 Å². The van der Waals surface area contributed by atoms with Crippen molar-refractivity contribution in [3.05, 3.63) is 23.2 Å². The van der Waals surface area contributed by atoms with E-state index in [9.17, 15) is 4.79 Å². The first-order valence-electron chi connectivity index (χ1n) is 5.46. The maximum absolute atomic E-state index is 12.1. The first-order chi connectivity index (χ1) is 8.20. The summed E-state index contributed by atoms with van der Waals surface area (Å²) in [6.45, 7) is 2.13. The van der Waals surface area contributed by atoms with Crippen molar-refractivity contribution in [1.82, 2.24) is 14.9 Å². The number of nitrogens with zero attached hydrogens (tertiary/aromatic N) is 3. The van der Waals surface area contributed by atoms with Crippen LogP contribution in [0.5, 0.6) is 0 Å². The Morgan fingerprint density at radius 3 is 3.18 bits per heavy atom. The van der Waals surface area contributed by atoms with Gasteiger partial charge in [0.1, 0.15) is 10.8 Å². The number of likely N-dealkylation sites (tertiary alicyclic amines) is 1. The number of hydrogen-bond donors (Lipinski definition) is 0. The Labute approximate surface area is 105 Å². The van der Waals surface area contributed by atoms with Crippen molar-refractivity contribution in [2.75, 3.05) is 26.8 Å². The Balaban J connectivity index is 2.02. The Morgan fingerprint density at radius 1 is 1.65 bits per heavy atom. The van der Waals surface area contributed by atoms with Crippen molar-refractivity contribution in [2.24, 2.45) is 5.92 Å². The van der Waals surface area contributed by atoms with E-state index >= 15 is 0 Å². The van der Waals surface area contributed by atoms with Crippen LogP contribution in [-0.4, -0.2) is 47.6 Å². The van der Waals surface area contributed by atoms with Crippen LogP contribution in [0.15, 0.2) is 12.4 Å². The van der Waals surface area contributed by atoms with Crippen molar-refractivity contribution < 1.29 is 9.53 Å². The molecule has 1 aromatic rings. The predicted octanol–water partition coefficient (Wildman–Crippen LogP) is 1.24. The predicted molar refractivity (Wildman–Crippen MR) is 62.9 cm³/mol. The molecule has 1 unspecified atom stereocenters. The van der Waals surface area contributed by atoms with Crippen molar-refractivity contribution in [1.29, 1.82) is 0 Å². The molecule has 2 rings (SSSR count). The minimum atomic E-state index is -0.112. The van der Waals surface area contributed by atoms with Gasteiger partial charge in [-0.2, -0.15) is 0 Å². The highest BCUT2D eigenvalue weighted by Gasteiger charge is 2.27. The molecule has 1 aliphatic rings. The summed E-state index contributed by atoms with van der Waals surface area (Å²) in [4.78, 5) is 21.7. The zero-order valence-electron chi connectivity index (χ0n) is 9.60. The number of halogens is 1. The lowest BCUT2D eigenvalue weighted by Crippen LogP contribution is -2.30. The molecule has 0 radical (unpaired) electrons. The van der Waals surface area contributed by atoms with Crippen LogP contribution in [0.2, 0.25) is 5.15 Å². The lowest BCUT2D eigenvalue weighted by molar-refractivity contribution is 0.0769. The van der Waals surface area contributed by atoms with Gasteiger partial charge in [-0.25, -0.2) is 4.98 Å². The van der Waals surface area contributed by atoms with Gasteiger partial charge in [-0.3, -0.25) is 9.78 Å². The van der Waals surface area contributed by atoms with E-state index in [2.05, 4.69) is 9.97 Å². The molecule has 2 heterocycles. The minimum Gasteiger partial charge on any atom is -0.384 e. The molecule has 0 saturated carbocycles. The van der Waals surface area contributed by atoms with Crippen LogP contribution in [0.3, 0.4) is 0 Å². The molecule has 0 N–H and O–H groups in total. The lowest BCUT2D eigenvalue weighted by Gasteiger charge is -2.15. The third-order valence-corrected chi connectivity index (χ3v) is 2.98. The van der Waals surface area contributed by atoms with Gasteiger partial charge >= 0.3 is 0 Å². The summed E-state index contributed by atoms with van der Waals surface area (Å²) in [5.41, 5.74) is 0.301. The number of amides is 1. The van der Waals surface area contributed by atoms with Crippen molar-refractivity contribution in [3.63, 3.8) is 0 Å². The summed E-state index contributed by atoms with van der Waals surface area (Å²) < 4.78 is 5.09. The number of ether oxygens (including phenoxy) is 1. The maximum Gasteiger partial charge on any atom is 0.274 e. The van der Waals surface area contributed by atoms with Gasteiger partial charge in [0.2, 0.25) is 0 Å². The monoisotopic (exact) mass is 255 g/mol. The average Bonchev–Trinajstić information content (AvgIpc) is 2.77. The molecule has 0 aliphatic carbocycles. The molecule has 1 atom stereocenters. The summed E-state index contributed by atoms with van der Waals surface area (Å²) in [6, 6.07) is 0. The largest absolute Gasteiger partial charge is 0.384 e. The zero-order chi connectivity index (χ0) is 12.3. The number of rotatable bonds is 3. The third kappa shape index (κ3) is 2.92. The fourth-order valence-electron chi connectivity index (χ4n) is 2.00. The Bertz CT molecular complexity index is 413. The van der Waals surface area contributed by atoms with E-state index in [1.54, 1.807) is 12.0 Å². The summed E-state index contributed by atoms with van der Waals surface area (Å²) in [5, 5.41) is 0.239. The first kappa shape index (κ1) is 12.3. The van der Waals surface area contributed by atoms with Crippen LogP contribution in [0.25, 0.3) is 0 Å². The molecule has 0 aromatic carbocycles. The van der Waals surface area contributed by atoms with E-state index in [0.29, 0.717) is 24.8 Å². The van der Waals surface area contributed by atoms with Crippen LogP contribution in [-0.2, 0) is 4.74 Å². The van der Waals surface area contributed by atoms with Gasteiger partial charge < -0.3 is 9.64 Å².